The monoisotopic (exact) mass is 312 g/mol. The van der Waals surface area contributed by atoms with Gasteiger partial charge in [0.05, 0.1) is 6.04 Å². The fourth-order valence-electron chi connectivity index (χ4n) is 2.68. The van der Waals surface area contributed by atoms with Crippen molar-refractivity contribution in [1.29, 1.82) is 0 Å². The molecule has 1 aliphatic carbocycles. The fraction of sp³-hybridized carbons (Fsp3) is 0.667. The first-order valence-electron chi connectivity index (χ1n) is 6.86. The van der Waals surface area contributed by atoms with Crippen molar-refractivity contribution in [2.75, 3.05) is 0 Å². The van der Waals surface area contributed by atoms with Crippen LogP contribution in [0, 0.1) is 5.41 Å². The predicted octanol–water partition coefficient (Wildman–Crippen LogP) is -0.0390. The lowest BCUT2D eigenvalue weighted by atomic mass is 9.84. The summed E-state index contributed by atoms with van der Waals surface area (Å²) in [5.74, 6) is -5.90. The van der Waals surface area contributed by atoms with E-state index in [1.165, 1.54) is 4.68 Å². The van der Waals surface area contributed by atoms with Gasteiger partial charge in [0.15, 0.2) is 5.82 Å². The van der Waals surface area contributed by atoms with Crippen molar-refractivity contribution in [3.05, 3.63) is 5.82 Å². The predicted molar refractivity (Wildman–Crippen MR) is 69.0 cm³/mol. The molecule has 1 aromatic rings. The molecule has 10 nitrogen and oxygen atoms in total. The van der Waals surface area contributed by atoms with Crippen molar-refractivity contribution in [3.63, 3.8) is 0 Å². The Morgan fingerprint density at radius 2 is 1.59 bits per heavy atom. The summed E-state index contributed by atoms with van der Waals surface area (Å²) in [4.78, 5) is 33.8. The molecule has 0 spiro atoms. The van der Waals surface area contributed by atoms with E-state index in [1.54, 1.807) is 0 Å². The maximum absolute atomic E-state index is 11.3. The number of carboxylic acid groups (broad SMARTS) is 3. The third-order valence-electron chi connectivity index (χ3n) is 4.00. The van der Waals surface area contributed by atoms with E-state index >= 15 is 0 Å². The quantitative estimate of drug-likeness (QED) is 0.613. The van der Waals surface area contributed by atoms with Crippen molar-refractivity contribution in [3.8, 4) is 0 Å². The van der Waals surface area contributed by atoms with E-state index < -0.39 is 29.7 Å². The van der Waals surface area contributed by atoms with Crippen LogP contribution in [0.1, 0.15) is 44.0 Å². The Bertz CT molecular complexity index is 556. The van der Waals surface area contributed by atoms with E-state index in [1.807, 2.05) is 0 Å². The maximum atomic E-state index is 11.3. The number of carboxylic acids is 3. The number of carbonyl (C=O) groups is 3. The largest absolute Gasteiger partial charge is 0.480 e. The minimum Gasteiger partial charge on any atom is -0.480 e. The van der Waals surface area contributed by atoms with Crippen LogP contribution in [0.15, 0.2) is 0 Å². The van der Waals surface area contributed by atoms with E-state index in [0.717, 1.165) is 32.1 Å². The van der Waals surface area contributed by atoms with Gasteiger partial charge in [-0.25, -0.2) is 4.68 Å². The highest BCUT2D eigenvalue weighted by Gasteiger charge is 2.55. The Morgan fingerprint density at radius 3 is 2.09 bits per heavy atom. The zero-order valence-electron chi connectivity index (χ0n) is 11.7. The lowest BCUT2D eigenvalue weighted by molar-refractivity contribution is -0.175. The van der Waals surface area contributed by atoms with E-state index in [9.17, 15) is 14.4 Å². The smallest absolute Gasteiger partial charge is 0.333 e. The molecule has 1 fully saturated rings. The molecule has 2 rings (SSSR count). The number of hydrogen-bond acceptors (Lipinski definition) is 6. The fourth-order valence-corrected chi connectivity index (χ4v) is 2.68. The van der Waals surface area contributed by atoms with Crippen molar-refractivity contribution in [1.82, 2.24) is 20.2 Å². The summed E-state index contributed by atoms with van der Waals surface area (Å²) < 4.78 is 1.36. The summed E-state index contributed by atoms with van der Waals surface area (Å²) in [6.45, 7) is 0. The van der Waals surface area contributed by atoms with Crippen molar-refractivity contribution in [2.24, 2.45) is 5.41 Å². The van der Waals surface area contributed by atoms with Crippen LogP contribution in [-0.2, 0) is 20.8 Å². The van der Waals surface area contributed by atoms with Gasteiger partial charge in [0.25, 0.3) is 5.41 Å². The highest BCUT2D eigenvalue weighted by atomic mass is 16.4. The summed E-state index contributed by atoms with van der Waals surface area (Å²) >= 11 is 0. The Morgan fingerprint density at radius 1 is 1.05 bits per heavy atom. The standard InChI is InChI=1S/C12H16N4O6/c17-9(18)12(10(19)20,11(21)22)6-8-13-14-15-16(8)7-4-2-1-3-5-7/h7H,1-6H2,(H,17,18)(H,19,20)(H,21,22). The maximum Gasteiger partial charge on any atom is 0.333 e. The van der Waals surface area contributed by atoms with Crippen LogP contribution in [-0.4, -0.2) is 53.4 Å². The third kappa shape index (κ3) is 2.63. The number of rotatable bonds is 6. The molecular formula is C12H16N4O6. The molecule has 0 unspecified atom stereocenters. The highest BCUT2D eigenvalue weighted by Crippen LogP contribution is 2.30. The molecule has 0 radical (unpaired) electrons. The second-order valence-electron chi connectivity index (χ2n) is 5.33. The third-order valence-corrected chi connectivity index (χ3v) is 4.00. The van der Waals surface area contributed by atoms with Gasteiger partial charge in [-0.15, -0.1) is 5.10 Å². The van der Waals surface area contributed by atoms with Gasteiger partial charge in [-0.3, -0.25) is 14.4 Å². The zero-order chi connectivity index (χ0) is 16.3. The normalized spacial score (nSPS) is 16.4. The van der Waals surface area contributed by atoms with Crippen LogP contribution < -0.4 is 0 Å². The summed E-state index contributed by atoms with van der Waals surface area (Å²) in [5, 5.41) is 38.2. The lowest BCUT2D eigenvalue weighted by Gasteiger charge is -2.24. The van der Waals surface area contributed by atoms with Gasteiger partial charge in [-0.1, -0.05) is 19.3 Å². The highest BCUT2D eigenvalue weighted by molar-refractivity contribution is 6.16. The number of nitrogens with zero attached hydrogens (tertiary/aromatic N) is 4. The minimum atomic E-state index is -3.00. The summed E-state index contributed by atoms with van der Waals surface area (Å²) in [5.41, 5.74) is -3.00. The number of aromatic nitrogens is 4. The van der Waals surface area contributed by atoms with E-state index in [-0.39, 0.29) is 11.9 Å². The van der Waals surface area contributed by atoms with Crippen LogP contribution in [0.3, 0.4) is 0 Å². The molecule has 0 aromatic carbocycles. The van der Waals surface area contributed by atoms with Crippen LogP contribution in [0.4, 0.5) is 0 Å². The topological polar surface area (TPSA) is 156 Å². The van der Waals surface area contributed by atoms with Crippen LogP contribution >= 0.6 is 0 Å². The molecule has 10 heteroatoms. The van der Waals surface area contributed by atoms with Crippen LogP contribution in [0.25, 0.3) is 0 Å². The van der Waals surface area contributed by atoms with Gasteiger partial charge < -0.3 is 15.3 Å². The average Bonchev–Trinajstić information content (AvgIpc) is 2.92. The number of hydrogen-bond donors (Lipinski definition) is 3. The van der Waals surface area contributed by atoms with Gasteiger partial charge >= 0.3 is 17.9 Å². The average molecular weight is 312 g/mol. The van der Waals surface area contributed by atoms with Gasteiger partial charge in [0, 0.05) is 6.42 Å². The molecule has 120 valence electrons. The Kier molecular flexibility index (Phi) is 4.38. The van der Waals surface area contributed by atoms with Gasteiger partial charge in [0.2, 0.25) is 0 Å². The molecule has 1 aliphatic rings. The van der Waals surface area contributed by atoms with Crippen LogP contribution in [0.2, 0.25) is 0 Å². The molecule has 0 amide bonds. The number of tetrazole rings is 1. The molecule has 3 N–H and O–H groups in total. The van der Waals surface area contributed by atoms with E-state index in [2.05, 4.69) is 15.5 Å². The Hall–Kier alpha value is -2.52. The van der Waals surface area contributed by atoms with Crippen molar-refractivity contribution >= 4 is 17.9 Å². The van der Waals surface area contributed by atoms with E-state index in [4.69, 9.17) is 15.3 Å². The summed E-state index contributed by atoms with van der Waals surface area (Å²) in [6.07, 6.45) is 3.78. The summed E-state index contributed by atoms with van der Waals surface area (Å²) in [7, 11) is 0. The number of aliphatic carboxylic acids is 3. The first kappa shape index (κ1) is 15.9. The molecule has 0 saturated heterocycles. The molecule has 22 heavy (non-hydrogen) atoms. The Labute approximate surface area is 124 Å². The van der Waals surface area contributed by atoms with E-state index in [0.29, 0.717) is 0 Å². The molecular weight excluding hydrogens is 296 g/mol. The zero-order valence-corrected chi connectivity index (χ0v) is 11.7. The first-order chi connectivity index (χ1) is 10.4. The molecule has 0 aliphatic heterocycles. The minimum absolute atomic E-state index is 0.0425. The van der Waals surface area contributed by atoms with Gasteiger partial charge in [-0.2, -0.15) is 0 Å². The second-order valence-corrected chi connectivity index (χ2v) is 5.33. The summed E-state index contributed by atoms with van der Waals surface area (Å²) in [6, 6.07) is -0.0622. The SMILES string of the molecule is O=C(O)C(Cc1nnnn1C1CCCCC1)(C(=O)O)C(=O)O. The first-order valence-corrected chi connectivity index (χ1v) is 6.86. The van der Waals surface area contributed by atoms with Crippen LogP contribution in [0.5, 0.6) is 0 Å². The van der Waals surface area contributed by atoms with Gasteiger partial charge in [-0.05, 0) is 23.3 Å². The van der Waals surface area contributed by atoms with Crippen molar-refractivity contribution in [2.45, 2.75) is 44.6 Å². The van der Waals surface area contributed by atoms with Crippen molar-refractivity contribution < 1.29 is 29.7 Å². The molecule has 1 saturated carbocycles. The molecule has 1 aromatic heterocycles. The second kappa shape index (κ2) is 6.08. The molecule has 1 heterocycles. The Balaban J connectivity index is 2.35. The lowest BCUT2D eigenvalue weighted by Crippen LogP contribution is -2.48. The molecule has 0 bridgehead atoms. The molecule has 0 atom stereocenters. The van der Waals surface area contributed by atoms with Gasteiger partial charge in [0.1, 0.15) is 0 Å².